The molecule has 170 valence electrons. The van der Waals surface area contributed by atoms with Gasteiger partial charge in [0.1, 0.15) is 23.4 Å². The topological polar surface area (TPSA) is 63.5 Å². The molecule has 7 heteroatoms. The van der Waals surface area contributed by atoms with Crippen LogP contribution in [0, 0.1) is 12.7 Å². The summed E-state index contributed by atoms with van der Waals surface area (Å²) in [6.45, 7) is 12.6. The highest BCUT2D eigenvalue weighted by molar-refractivity contribution is 5.90. The van der Waals surface area contributed by atoms with E-state index in [4.69, 9.17) is 4.74 Å². The van der Waals surface area contributed by atoms with Crippen LogP contribution in [0.3, 0.4) is 0 Å². The summed E-state index contributed by atoms with van der Waals surface area (Å²) in [7, 11) is 0. The third kappa shape index (κ3) is 4.98. The number of pyridine rings is 1. The van der Waals surface area contributed by atoms with Crippen molar-refractivity contribution in [3.8, 4) is 11.3 Å². The normalized spacial score (nSPS) is 14.1. The molecule has 0 bridgehead atoms. The zero-order valence-corrected chi connectivity index (χ0v) is 19.3. The van der Waals surface area contributed by atoms with Crippen LogP contribution in [0.4, 0.5) is 10.1 Å². The van der Waals surface area contributed by atoms with E-state index in [1.165, 1.54) is 6.33 Å². The first-order valence-electron chi connectivity index (χ1n) is 11.0. The maximum Gasteiger partial charge on any atom is 0.132 e. The number of halogens is 1. The van der Waals surface area contributed by atoms with E-state index in [0.717, 1.165) is 41.2 Å². The molecular formula is C26H28FN5O. The van der Waals surface area contributed by atoms with E-state index in [-0.39, 0.29) is 5.82 Å². The molecule has 1 aliphatic heterocycles. The third-order valence-corrected chi connectivity index (χ3v) is 5.79. The second kappa shape index (κ2) is 10.0. The first-order chi connectivity index (χ1) is 16.0. The molecule has 0 amide bonds. The quantitative estimate of drug-likeness (QED) is 0.496. The second-order valence-electron chi connectivity index (χ2n) is 8.28. The molecule has 3 aromatic rings. The number of aliphatic imine (C=N–C) groups is 1. The summed E-state index contributed by atoms with van der Waals surface area (Å²) in [6, 6.07) is 5.40. The van der Waals surface area contributed by atoms with Crippen LogP contribution in [-0.2, 0) is 11.2 Å². The molecule has 6 nitrogen and oxygen atoms in total. The fourth-order valence-electron chi connectivity index (χ4n) is 3.89. The first kappa shape index (κ1) is 22.7. The Bertz CT molecular complexity index is 1240. The summed E-state index contributed by atoms with van der Waals surface area (Å²) in [4.78, 5) is 20.2. The number of anilines is 1. The van der Waals surface area contributed by atoms with Crippen molar-refractivity contribution in [1.82, 2.24) is 15.0 Å². The number of nitrogens with zero attached hydrogens (tertiary/aromatic N) is 5. The number of rotatable bonds is 6. The summed E-state index contributed by atoms with van der Waals surface area (Å²) >= 11 is 0. The molecule has 0 atom stereocenters. The van der Waals surface area contributed by atoms with Gasteiger partial charge in [0, 0.05) is 37.0 Å². The fraction of sp³-hybridized carbons (Fsp3) is 0.308. The molecule has 0 spiro atoms. The van der Waals surface area contributed by atoms with Crippen LogP contribution in [0.5, 0.6) is 0 Å². The van der Waals surface area contributed by atoms with Crippen LogP contribution in [0.2, 0.25) is 0 Å². The maximum absolute atomic E-state index is 15.1. The van der Waals surface area contributed by atoms with Gasteiger partial charge < -0.3 is 9.64 Å². The van der Waals surface area contributed by atoms with Crippen molar-refractivity contribution in [2.75, 3.05) is 31.2 Å². The van der Waals surface area contributed by atoms with Gasteiger partial charge in [-0.05, 0) is 50.1 Å². The van der Waals surface area contributed by atoms with Crippen LogP contribution in [0.15, 0.2) is 59.6 Å². The number of hydrogen-bond donors (Lipinski definition) is 0. The molecule has 0 radical (unpaired) electrons. The Hall–Kier alpha value is -3.45. The summed E-state index contributed by atoms with van der Waals surface area (Å²) < 4.78 is 20.6. The van der Waals surface area contributed by atoms with Crippen molar-refractivity contribution >= 4 is 22.9 Å². The molecule has 1 aliphatic rings. The third-order valence-electron chi connectivity index (χ3n) is 5.79. The molecule has 0 saturated carbocycles. The van der Waals surface area contributed by atoms with Gasteiger partial charge in [-0.2, -0.15) is 0 Å². The van der Waals surface area contributed by atoms with Gasteiger partial charge >= 0.3 is 0 Å². The van der Waals surface area contributed by atoms with E-state index in [1.807, 2.05) is 32.9 Å². The first-order valence-corrected chi connectivity index (χ1v) is 11.0. The van der Waals surface area contributed by atoms with Gasteiger partial charge in [0.2, 0.25) is 0 Å². The number of ether oxygens (including phenoxy) is 1. The van der Waals surface area contributed by atoms with Gasteiger partial charge in [-0.15, -0.1) is 0 Å². The van der Waals surface area contributed by atoms with Crippen molar-refractivity contribution in [3.05, 3.63) is 71.6 Å². The van der Waals surface area contributed by atoms with E-state index in [9.17, 15) is 0 Å². The highest BCUT2D eigenvalue weighted by atomic mass is 19.1. The highest BCUT2D eigenvalue weighted by Crippen LogP contribution is 2.31. The number of allylic oxidation sites excluding steroid dienone is 3. The zero-order valence-electron chi connectivity index (χ0n) is 19.3. The largest absolute Gasteiger partial charge is 0.378 e. The predicted octanol–water partition coefficient (Wildman–Crippen LogP) is 5.07. The number of hydrogen-bond acceptors (Lipinski definition) is 6. The van der Waals surface area contributed by atoms with E-state index >= 15 is 4.39 Å². The SMILES string of the molecule is C=CC=NC(Cc1cc(-c2ncnc3cc(N4CCOCC4)cnc23)c(F)cc1C)=C(C)C. The number of benzene rings is 1. The van der Waals surface area contributed by atoms with Crippen LogP contribution in [-0.4, -0.2) is 47.5 Å². The Labute approximate surface area is 193 Å². The average molecular weight is 446 g/mol. The highest BCUT2D eigenvalue weighted by Gasteiger charge is 2.18. The fourth-order valence-corrected chi connectivity index (χ4v) is 3.89. The lowest BCUT2D eigenvalue weighted by Crippen LogP contribution is -2.36. The Morgan fingerprint density at radius 3 is 2.70 bits per heavy atom. The molecule has 2 aromatic heterocycles. The standard InChI is InChI=1S/C26H28FN5O/c1-5-6-28-23(17(2)3)13-19-12-21(22(27)11-18(19)4)25-26-24(30-16-31-25)14-20(15-29-26)32-7-9-33-10-8-32/h5-6,11-12,14-16H,1,7-10,13H2,2-4H3. The second-order valence-corrected chi connectivity index (χ2v) is 8.28. The molecule has 1 aromatic carbocycles. The maximum atomic E-state index is 15.1. The van der Waals surface area contributed by atoms with Gasteiger partial charge in [0.25, 0.3) is 0 Å². The van der Waals surface area contributed by atoms with Crippen LogP contribution >= 0.6 is 0 Å². The van der Waals surface area contributed by atoms with E-state index in [2.05, 4.69) is 31.4 Å². The van der Waals surface area contributed by atoms with Gasteiger partial charge in [-0.1, -0.05) is 18.2 Å². The minimum atomic E-state index is -0.330. The van der Waals surface area contributed by atoms with E-state index < -0.39 is 0 Å². The molecule has 0 unspecified atom stereocenters. The smallest absolute Gasteiger partial charge is 0.132 e. The van der Waals surface area contributed by atoms with Gasteiger partial charge in [0.15, 0.2) is 0 Å². The Balaban J connectivity index is 1.76. The lowest BCUT2D eigenvalue weighted by Gasteiger charge is -2.28. The monoisotopic (exact) mass is 445 g/mol. The Morgan fingerprint density at radius 2 is 1.97 bits per heavy atom. The molecule has 4 rings (SSSR count). The molecule has 1 fully saturated rings. The van der Waals surface area contributed by atoms with Crippen molar-refractivity contribution in [3.63, 3.8) is 0 Å². The molecule has 0 N–H and O–H groups in total. The molecule has 0 aliphatic carbocycles. The van der Waals surface area contributed by atoms with E-state index in [0.29, 0.717) is 41.9 Å². The minimum absolute atomic E-state index is 0.330. The van der Waals surface area contributed by atoms with Crippen LogP contribution in [0.1, 0.15) is 25.0 Å². The van der Waals surface area contributed by atoms with Crippen molar-refractivity contribution in [1.29, 1.82) is 0 Å². The number of fused-ring (bicyclic) bond motifs is 1. The molecule has 33 heavy (non-hydrogen) atoms. The number of aryl methyl sites for hydroxylation is 1. The zero-order chi connectivity index (χ0) is 23.4. The Morgan fingerprint density at radius 1 is 1.18 bits per heavy atom. The van der Waals surface area contributed by atoms with Crippen molar-refractivity contribution < 1.29 is 9.13 Å². The molecular weight excluding hydrogens is 417 g/mol. The summed E-state index contributed by atoms with van der Waals surface area (Å²) in [5, 5.41) is 0. The molecule has 1 saturated heterocycles. The number of aromatic nitrogens is 3. The summed E-state index contributed by atoms with van der Waals surface area (Å²) in [5.41, 5.74) is 7.02. The number of morpholine rings is 1. The minimum Gasteiger partial charge on any atom is -0.378 e. The lowest BCUT2D eigenvalue weighted by atomic mass is 9.97. The van der Waals surface area contributed by atoms with Gasteiger partial charge in [-0.25, -0.2) is 14.4 Å². The van der Waals surface area contributed by atoms with Crippen LogP contribution in [0.25, 0.3) is 22.3 Å². The predicted molar refractivity (Wildman–Crippen MR) is 131 cm³/mol. The van der Waals surface area contributed by atoms with Gasteiger partial charge in [-0.3, -0.25) is 9.98 Å². The molecule has 3 heterocycles. The van der Waals surface area contributed by atoms with Crippen molar-refractivity contribution in [2.24, 2.45) is 4.99 Å². The Kier molecular flexibility index (Phi) is 6.89. The lowest BCUT2D eigenvalue weighted by molar-refractivity contribution is 0.122. The van der Waals surface area contributed by atoms with Crippen LogP contribution < -0.4 is 4.90 Å². The van der Waals surface area contributed by atoms with Crippen molar-refractivity contribution in [2.45, 2.75) is 27.2 Å². The van der Waals surface area contributed by atoms with Gasteiger partial charge in [0.05, 0.1) is 30.6 Å². The summed E-state index contributed by atoms with van der Waals surface area (Å²) in [5.74, 6) is -0.330. The van der Waals surface area contributed by atoms with E-state index in [1.54, 1.807) is 24.6 Å². The summed E-state index contributed by atoms with van der Waals surface area (Å²) in [6.07, 6.45) is 7.19. The average Bonchev–Trinajstić information content (AvgIpc) is 2.82.